The number of nitrogens with zero attached hydrogens (tertiary/aromatic N) is 3. The van der Waals surface area contributed by atoms with E-state index in [1.54, 1.807) is 0 Å². The lowest BCUT2D eigenvalue weighted by atomic mass is 9.82. The third kappa shape index (κ3) is 7.35. The fraction of sp³-hybridized carbons (Fsp3) is 0.441. The van der Waals surface area contributed by atoms with Crippen LogP contribution in [0.15, 0.2) is 66.7 Å². The van der Waals surface area contributed by atoms with Crippen molar-refractivity contribution < 1.29 is 9.53 Å². The highest BCUT2D eigenvalue weighted by molar-refractivity contribution is 5.93. The minimum Gasteiger partial charge on any atom is -0.462 e. The van der Waals surface area contributed by atoms with E-state index in [0.29, 0.717) is 12.2 Å². The molecule has 0 atom stereocenters. The van der Waals surface area contributed by atoms with Gasteiger partial charge in [-0.1, -0.05) is 44.2 Å². The third-order valence-corrected chi connectivity index (χ3v) is 7.34. The summed E-state index contributed by atoms with van der Waals surface area (Å²) in [4.78, 5) is 20.2. The smallest absolute Gasteiger partial charge is 0.338 e. The van der Waals surface area contributed by atoms with Gasteiger partial charge in [-0.3, -0.25) is 0 Å². The summed E-state index contributed by atoms with van der Waals surface area (Å²) in [5.41, 5.74) is 7.27. The van der Waals surface area contributed by atoms with Gasteiger partial charge in [0.15, 0.2) is 0 Å². The molecular weight excluding hydrogens is 482 g/mol. The van der Waals surface area contributed by atoms with E-state index < -0.39 is 0 Å². The normalized spacial score (nSPS) is 11.1. The predicted molar refractivity (Wildman–Crippen MR) is 167 cm³/mol. The zero-order valence-electron chi connectivity index (χ0n) is 25.2. The van der Waals surface area contributed by atoms with E-state index in [1.165, 1.54) is 11.4 Å². The number of carbonyl (C=O) groups excluding carboxylic acids is 1. The Bertz CT molecular complexity index is 1120. The molecule has 0 aromatic heterocycles. The number of hydrogen-bond donors (Lipinski definition) is 0. The number of hydrogen-bond acceptors (Lipinski definition) is 5. The molecule has 3 aromatic carbocycles. The summed E-state index contributed by atoms with van der Waals surface area (Å²) in [6.07, 6.45) is 0. The Balaban J connectivity index is 2.18. The molecule has 0 N–H and O–H groups in total. The molecular formula is C34H47N3O2. The van der Waals surface area contributed by atoms with Crippen LogP contribution in [0.1, 0.15) is 74.5 Å². The fourth-order valence-electron chi connectivity index (χ4n) is 5.06. The Kier molecular flexibility index (Phi) is 10.8. The quantitative estimate of drug-likeness (QED) is 0.170. The zero-order chi connectivity index (χ0) is 28.5. The largest absolute Gasteiger partial charge is 0.462 e. The molecule has 39 heavy (non-hydrogen) atoms. The van der Waals surface area contributed by atoms with Crippen LogP contribution in [0.4, 0.5) is 17.1 Å². The Morgan fingerprint density at radius 2 is 1.13 bits per heavy atom. The van der Waals surface area contributed by atoms with Crippen molar-refractivity contribution in [3.8, 4) is 0 Å². The summed E-state index contributed by atoms with van der Waals surface area (Å²) in [6, 6.07) is 23.8. The first-order chi connectivity index (χ1) is 18.7. The Labute approximate surface area is 236 Å². The van der Waals surface area contributed by atoms with Crippen molar-refractivity contribution in [2.24, 2.45) is 5.92 Å². The van der Waals surface area contributed by atoms with Crippen LogP contribution in [-0.2, 0) is 4.74 Å². The molecule has 0 unspecified atom stereocenters. The molecule has 0 saturated heterocycles. The van der Waals surface area contributed by atoms with E-state index in [9.17, 15) is 4.79 Å². The molecule has 5 heteroatoms. The Morgan fingerprint density at radius 3 is 1.51 bits per heavy atom. The second kappa shape index (κ2) is 14.1. The highest BCUT2D eigenvalue weighted by Gasteiger charge is 2.25. The maximum atomic E-state index is 13.5. The van der Waals surface area contributed by atoms with Crippen LogP contribution in [0.3, 0.4) is 0 Å². The SMILES string of the molecule is CCN(CC)c1ccc(C(c2ccc(N(CC)CC)cc2)c2ccc(N(C)C)cc2C(=O)OCC(C)C)cc1. The van der Waals surface area contributed by atoms with Gasteiger partial charge in [0.05, 0.1) is 12.2 Å². The summed E-state index contributed by atoms with van der Waals surface area (Å²) in [5.74, 6) is -0.114. The van der Waals surface area contributed by atoms with Crippen LogP contribution in [0.5, 0.6) is 0 Å². The molecule has 0 aliphatic rings. The van der Waals surface area contributed by atoms with Crippen LogP contribution in [0, 0.1) is 5.92 Å². The summed E-state index contributed by atoms with van der Waals surface area (Å²) in [6.45, 7) is 17.1. The first-order valence-corrected chi connectivity index (χ1v) is 14.4. The van der Waals surface area contributed by atoms with E-state index in [-0.39, 0.29) is 17.8 Å². The topological polar surface area (TPSA) is 36.0 Å². The maximum absolute atomic E-state index is 13.5. The van der Waals surface area contributed by atoms with Gasteiger partial charge < -0.3 is 19.4 Å². The standard InChI is InChI=1S/C34H47N3O2/c1-9-36(10-2)28-17-13-26(14-18-28)33(27-15-19-29(20-16-27)37(11-3)12-4)31-22-21-30(35(7)8)23-32(31)34(38)39-24-25(5)6/h13-23,25,33H,9-12,24H2,1-8H3. The van der Waals surface area contributed by atoms with Crippen LogP contribution in [0.2, 0.25) is 0 Å². The molecule has 0 aliphatic carbocycles. The number of anilines is 3. The van der Waals surface area contributed by atoms with Crippen molar-refractivity contribution in [2.45, 2.75) is 47.5 Å². The van der Waals surface area contributed by atoms with Gasteiger partial charge in [0.25, 0.3) is 0 Å². The lowest BCUT2D eigenvalue weighted by molar-refractivity contribution is 0.0457. The highest BCUT2D eigenvalue weighted by atomic mass is 16.5. The van der Waals surface area contributed by atoms with Crippen molar-refractivity contribution in [1.82, 2.24) is 0 Å². The molecule has 0 radical (unpaired) electrons. The van der Waals surface area contributed by atoms with Gasteiger partial charge in [0.2, 0.25) is 0 Å². The lowest BCUT2D eigenvalue weighted by Crippen LogP contribution is -2.22. The second-order valence-electron chi connectivity index (χ2n) is 10.6. The molecule has 0 amide bonds. The first kappa shape index (κ1) is 30.1. The van der Waals surface area contributed by atoms with E-state index >= 15 is 0 Å². The van der Waals surface area contributed by atoms with Crippen LogP contribution in [-0.4, -0.2) is 52.9 Å². The number of rotatable bonds is 13. The van der Waals surface area contributed by atoms with Crippen molar-refractivity contribution in [1.29, 1.82) is 0 Å². The average Bonchev–Trinajstić information content (AvgIpc) is 2.94. The molecule has 0 heterocycles. The third-order valence-electron chi connectivity index (χ3n) is 7.34. The maximum Gasteiger partial charge on any atom is 0.338 e. The molecule has 0 aliphatic heterocycles. The second-order valence-corrected chi connectivity index (χ2v) is 10.6. The van der Waals surface area contributed by atoms with Crippen molar-refractivity contribution >= 4 is 23.0 Å². The van der Waals surface area contributed by atoms with Crippen LogP contribution >= 0.6 is 0 Å². The first-order valence-electron chi connectivity index (χ1n) is 14.4. The van der Waals surface area contributed by atoms with Gasteiger partial charge in [-0.15, -0.1) is 0 Å². The van der Waals surface area contributed by atoms with Crippen molar-refractivity contribution in [2.75, 3.05) is 61.6 Å². The zero-order valence-corrected chi connectivity index (χ0v) is 25.2. The van der Waals surface area contributed by atoms with Gasteiger partial charge in [-0.25, -0.2) is 4.79 Å². The molecule has 3 aromatic rings. The van der Waals surface area contributed by atoms with Crippen LogP contribution in [0.25, 0.3) is 0 Å². The van der Waals surface area contributed by atoms with Gasteiger partial charge in [0.1, 0.15) is 0 Å². The fourth-order valence-corrected chi connectivity index (χ4v) is 5.06. The summed E-state index contributed by atoms with van der Waals surface area (Å²) >= 11 is 0. The lowest BCUT2D eigenvalue weighted by Gasteiger charge is -2.26. The number of benzene rings is 3. The molecule has 0 fully saturated rings. The predicted octanol–water partition coefficient (Wildman–Crippen LogP) is 7.44. The van der Waals surface area contributed by atoms with Gasteiger partial charge in [0, 0.05) is 63.3 Å². The average molecular weight is 530 g/mol. The molecule has 0 bridgehead atoms. The number of carbonyl (C=O) groups is 1. The van der Waals surface area contributed by atoms with Crippen molar-refractivity contribution in [3.63, 3.8) is 0 Å². The van der Waals surface area contributed by atoms with Gasteiger partial charge >= 0.3 is 5.97 Å². The van der Waals surface area contributed by atoms with E-state index in [1.807, 2.05) is 25.1 Å². The summed E-state index contributed by atoms with van der Waals surface area (Å²) in [5, 5.41) is 0. The number of ether oxygens (including phenoxy) is 1. The number of esters is 1. The van der Waals surface area contributed by atoms with Gasteiger partial charge in [-0.05, 0) is 86.7 Å². The Morgan fingerprint density at radius 1 is 0.692 bits per heavy atom. The van der Waals surface area contributed by atoms with E-state index in [2.05, 4.69) is 112 Å². The summed E-state index contributed by atoms with van der Waals surface area (Å²) in [7, 11) is 3.99. The van der Waals surface area contributed by atoms with E-state index in [0.717, 1.165) is 48.6 Å². The molecule has 210 valence electrons. The molecule has 0 spiro atoms. The molecule has 0 saturated carbocycles. The van der Waals surface area contributed by atoms with E-state index in [4.69, 9.17) is 4.74 Å². The highest BCUT2D eigenvalue weighted by Crippen LogP contribution is 2.37. The molecule has 5 nitrogen and oxygen atoms in total. The summed E-state index contributed by atoms with van der Waals surface area (Å²) < 4.78 is 5.78. The minimum absolute atomic E-state index is 0.112. The van der Waals surface area contributed by atoms with Crippen LogP contribution < -0.4 is 14.7 Å². The Hall–Kier alpha value is -3.47. The molecule has 3 rings (SSSR count). The van der Waals surface area contributed by atoms with Gasteiger partial charge in [-0.2, -0.15) is 0 Å². The minimum atomic E-state index is -0.271. The monoisotopic (exact) mass is 529 g/mol. The van der Waals surface area contributed by atoms with Crippen molar-refractivity contribution in [3.05, 3.63) is 89.0 Å².